The van der Waals surface area contributed by atoms with Gasteiger partial charge in [0.25, 0.3) is 0 Å². The molecular weight excluding hydrogens is 304 g/mol. The maximum atomic E-state index is 12.0. The molecule has 1 N–H and O–H groups in total. The van der Waals surface area contributed by atoms with Crippen molar-refractivity contribution < 1.29 is 14.4 Å². The number of Topliss-reactive ketones (excluding diaryl/α,β-unsaturated/α-hetero) is 1. The Kier molecular flexibility index (Phi) is 5.75. The molecule has 24 heavy (non-hydrogen) atoms. The Morgan fingerprint density at radius 2 is 1.83 bits per heavy atom. The van der Waals surface area contributed by atoms with Crippen LogP contribution >= 0.6 is 0 Å². The van der Waals surface area contributed by atoms with Crippen molar-refractivity contribution in [1.82, 2.24) is 10.2 Å². The number of amides is 2. The average molecular weight is 330 g/mol. The number of hydrogen-bond donors (Lipinski definition) is 1. The first-order chi connectivity index (χ1) is 11.2. The number of benzene rings is 1. The second-order valence-electron chi connectivity index (χ2n) is 7.59. The summed E-state index contributed by atoms with van der Waals surface area (Å²) in [6.45, 7) is 7.49. The van der Waals surface area contributed by atoms with E-state index in [0.717, 1.165) is 0 Å². The van der Waals surface area contributed by atoms with E-state index in [1.807, 2.05) is 6.07 Å². The minimum Gasteiger partial charge on any atom is -0.351 e. The van der Waals surface area contributed by atoms with Crippen LogP contribution in [0.4, 0.5) is 0 Å². The summed E-state index contributed by atoms with van der Waals surface area (Å²) in [6.07, 6.45) is 0.675. The van der Waals surface area contributed by atoms with Gasteiger partial charge < -0.3 is 10.2 Å². The van der Waals surface area contributed by atoms with Crippen LogP contribution in [-0.4, -0.2) is 41.6 Å². The van der Waals surface area contributed by atoms with Crippen LogP contribution < -0.4 is 5.32 Å². The Balaban J connectivity index is 1.77. The second kappa shape index (κ2) is 7.60. The first-order valence-electron chi connectivity index (χ1n) is 8.40. The van der Waals surface area contributed by atoms with Crippen LogP contribution in [0.15, 0.2) is 30.3 Å². The molecule has 130 valence electrons. The number of hydrogen-bond acceptors (Lipinski definition) is 3. The molecule has 2 rings (SSSR count). The van der Waals surface area contributed by atoms with Crippen molar-refractivity contribution in [3.05, 3.63) is 35.9 Å². The summed E-state index contributed by atoms with van der Waals surface area (Å²) >= 11 is 0. The van der Waals surface area contributed by atoms with Crippen molar-refractivity contribution in [2.24, 2.45) is 5.41 Å². The maximum Gasteiger partial charge on any atom is 0.224 e. The zero-order valence-electron chi connectivity index (χ0n) is 14.7. The number of ketones is 1. The van der Waals surface area contributed by atoms with E-state index in [1.54, 1.807) is 29.2 Å². The highest BCUT2D eigenvalue weighted by atomic mass is 16.2. The molecule has 1 fully saturated rings. The molecule has 1 heterocycles. The molecule has 1 aromatic carbocycles. The van der Waals surface area contributed by atoms with Crippen molar-refractivity contribution in [1.29, 1.82) is 0 Å². The SMILES string of the molecule is CC(C)(C)CN1C[C@@H](NC(=O)CCC(=O)c2ccccc2)CC1=O. The molecule has 0 spiro atoms. The van der Waals surface area contributed by atoms with E-state index < -0.39 is 0 Å². The fourth-order valence-electron chi connectivity index (χ4n) is 2.89. The molecule has 5 nitrogen and oxygen atoms in total. The summed E-state index contributed by atoms with van der Waals surface area (Å²) in [5.41, 5.74) is 0.661. The van der Waals surface area contributed by atoms with Gasteiger partial charge >= 0.3 is 0 Å². The van der Waals surface area contributed by atoms with Crippen LogP contribution in [0.3, 0.4) is 0 Å². The van der Waals surface area contributed by atoms with Crippen LogP contribution in [0, 0.1) is 5.41 Å². The van der Waals surface area contributed by atoms with Crippen LogP contribution in [0.25, 0.3) is 0 Å². The van der Waals surface area contributed by atoms with Crippen LogP contribution in [-0.2, 0) is 9.59 Å². The topological polar surface area (TPSA) is 66.5 Å². The molecule has 1 saturated heterocycles. The second-order valence-corrected chi connectivity index (χ2v) is 7.59. The largest absolute Gasteiger partial charge is 0.351 e. The number of rotatable bonds is 6. The Hall–Kier alpha value is -2.17. The zero-order chi connectivity index (χ0) is 17.7. The molecule has 0 radical (unpaired) electrons. The Bertz CT molecular complexity index is 605. The number of nitrogens with one attached hydrogen (secondary N) is 1. The van der Waals surface area contributed by atoms with Gasteiger partial charge in [-0.15, -0.1) is 0 Å². The molecule has 0 aliphatic carbocycles. The Morgan fingerprint density at radius 1 is 1.17 bits per heavy atom. The summed E-state index contributed by atoms with van der Waals surface area (Å²) in [6, 6.07) is 8.81. The molecule has 1 aliphatic rings. The van der Waals surface area contributed by atoms with Gasteiger partial charge in [0.1, 0.15) is 0 Å². The van der Waals surface area contributed by atoms with Crippen molar-refractivity contribution in [3.8, 4) is 0 Å². The summed E-state index contributed by atoms with van der Waals surface area (Å²) in [7, 11) is 0. The fraction of sp³-hybridized carbons (Fsp3) is 0.526. The third kappa shape index (κ3) is 5.48. The van der Waals surface area contributed by atoms with Gasteiger partial charge in [0.15, 0.2) is 5.78 Å². The van der Waals surface area contributed by atoms with Gasteiger partial charge in [0.05, 0.1) is 6.04 Å². The molecule has 2 amide bonds. The zero-order valence-corrected chi connectivity index (χ0v) is 14.7. The Morgan fingerprint density at radius 3 is 2.46 bits per heavy atom. The van der Waals surface area contributed by atoms with Crippen molar-refractivity contribution in [2.75, 3.05) is 13.1 Å². The third-order valence-electron chi connectivity index (χ3n) is 3.92. The predicted octanol–water partition coefficient (Wildman–Crippen LogP) is 2.41. The Labute approximate surface area is 143 Å². The molecule has 0 saturated carbocycles. The first kappa shape index (κ1) is 18.2. The normalized spacial score (nSPS) is 17.9. The van der Waals surface area contributed by atoms with E-state index in [2.05, 4.69) is 26.1 Å². The predicted molar refractivity (Wildman–Crippen MR) is 92.6 cm³/mol. The fourth-order valence-corrected chi connectivity index (χ4v) is 2.89. The van der Waals surface area contributed by atoms with E-state index >= 15 is 0 Å². The van der Waals surface area contributed by atoms with Crippen LogP contribution in [0.1, 0.15) is 50.4 Å². The van der Waals surface area contributed by atoms with Crippen molar-refractivity contribution in [3.63, 3.8) is 0 Å². The van der Waals surface area contributed by atoms with Crippen molar-refractivity contribution in [2.45, 2.75) is 46.1 Å². The van der Waals surface area contributed by atoms with Gasteiger partial charge in [-0.2, -0.15) is 0 Å². The third-order valence-corrected chi connectivity index (χ3v) is 3.92. The lowest BCUT2D eigenvalue weighted by Gasteiger charge is -2.26. The highest BCUT2D eigenvalue weighted by Crippen LogP contribution is 2.20. The molecule has 1 atom stereocenters. The minimum absolute atomic E-state index is 0.0384. The number of carbonyl (C=O) groups excluding carboxylic acids is 3. The van der Waals surface area contributed by atoms with Crippen LogP contribution in [0.5, 0.6) is 0 Å². The highest BCUT2D eigenvalue weighted by molar-refractivity contribution is 5.98. The summed E-state index contributed by atoms with van der Waals surface area (Å²) < 4.78 is 0. The summed E-state index contributed by atoms with van der Waals surface area (Å²) in [4.78, 5) is 37.9. The van der Waals surface area contributed by atoms with E-state index in [-0.39, 0.29) is 41.9 Å². The van der Waals surface area contributed by atoms with E-state index in [0.29, 0.717) is 25.1 Å². The molecular formula is C19H26N2O3. The monoisotopic (exact) mass is 330 g/mol. The van der Waals surface area contributed by atoms with E-state index in [1.165, 1.54) is 0 Å². The summed E-state index contributed by atoms with van der Waals surface area (Å²) in [5, 5.41) is 2.88. The van der Waals surface area contributed by atoms with Gasteiger partial charge in [-0.3, -0.25) is 14.4 Å². The van der Waals surface area contributed by atoms with E-state index in [4.69, 9.17) is 0 Å². The van der Waals surface area contributed by atoms with Gasteiger partial charge in [0.2, 0.25) is 11.8 Å². The lowest BCUT2D eigenvalue weighted by Crippen LogP contribution is -2.39. The lowest BCUT2D eigenvalue weighted by molar-refractivity contribution is -0.128. The lowest BCUT2D eigenvalue weighted by atomic mass is 9.96. The summed E-state index contributed by atoms with van der Waals surface area (Å²) in [5.74, 6) is -0.132. The molecule has 1 aliphatic heterocycles. The van der Waals surface area contributed by atoms with Gasteiger partial charge in [0, 0.05) is 37.9 Å². The van der Waals surface area contributed by atoms with Crippen LogP contribution in [0.2, 0.25) is 0 Å². The number of likely N-dealkylation sites (tertiary alicyclic amines) is 1. The van der Waals surface area contributed by atoms with Gasteiger partial charge in [-0.25, -0.2) is 0 Å². The molecule has 0 aromatic heterocycles. The maximum absolute atomic E-state index is 12.0. The van der Waals surface area contributed by atoms with Crippen molar-refractivity contribution >= 4 is 17.6 Å². The highest BCUT2D eigenvalue weighted by Gasteiger charge is 2.32. The average Bonchev–Trinajstić information content (AvgIpc) is 2.83. The molecule has 0 bridgehead atoms. The standard InChI is InChI=1S/C19H26N2O3/c1-19(2,3)13-21-12-15(11-18(21)24)20-17(23)10-9-16(22)14-7-5-4-6-8-14/h4-8,15H,9-13H2,1-3H3,(H,20,23)/t15-/m0/s1. The smallest absolute Gasteiger partial charge is 0.224 e. The van der Waals surface area contributed by atoms with E-state index in [9.17, 15) is 14.4 Å². The molecule has 0 unspecified atom stereocenters. The number of carbonyl (C=O) groups is 3. The van der Waals surface area contributed by atoms with Gasteiger partial charge in [-0.05, 0) is 5.41 Å². The van der Waals surface area contributed by atoms with Gasteiger partial charge in [-0.1, -0.05) is 51.1 Å². The quantitative estimate of drug-likeness (QED) is 0.815. The molecule has 1 aromatic rings. The number of nitrogens with zero attached hydrogens (tertiary/aromatic N) is 1. The first-order valence-corrected chi connectivity index (χ1v) is 8.40. The minimum atomic E-state index is -0.172. The molecule has 5 heteroatoms.